The summed E-state index contributed by atoms with van der Waals surface area (Å²) in [5, 5.41) is 0. The molecule has 0 saturated heterocycles. The molecule has 0 aromatic carbocycles. The first-order chi connectivity index (χ1) is 32.6. The molecule has 0 aliphatic rings. The van der Waals surface area contributed by atoms with Gasteiger partial charge in [0.25, 0.3) is 0 Å². The van der Waals surface area contributed by atoms with Crippen molar-refractivity contribution in [3.8, 4) is 0 Å². The van der Waals surface area contributed by atoms with Crippen LogP contribution < -0.4 is 0 Å². The molecule has 392 valence electrons. The van der Waals surface area contributed by atoms with Gasteiger partial charge in [-0.05, 0) is 103 Å². The average Bonchev–Trinajstić information content (AvgIpc) is 3.32. The van der Waals surface area contributed by atoms with E-state index in [4.69, 9.17) is 14.2 Å². The smallest absolute Gasteiger partial charge is 0.309 e. The molecule has 6 heteroatoms. The van der Waals surface area contributed by atoms with Crippen LogP contribution in [0.2, 0.25) is 0 Å². The fourth-order valence-corrected chi connectivity index (χ4v) is 8.56. The molecule has 0 aromatic rings. The van der Waals surface area contributed by atoms with E-state index in [1.807, 2.05) is 20.8 Å². The Labute approximate surface area is 416 Å². The number of esters is 3. The molecule has 4 atom stereocenters. The van der Waals surface area contributed by atoms with Crippen LogP contribution in [0.25, 0.3) is 0 Å². The number of carbonyl (C=O) groups excluding carboxylic acids is 3. The number of ether oxygens (including phenoxy) is 3. The highest BCUT2D eigenvalue weighted by Gasteiger charge is 2.35. The molecule has 0 fully saturated rings. The number of allylic oxidation sites excluding steroid dienone is 6. The third-order valence-corrected chi connectivity index (χ3v) is 13.5. The van der Waals surface area contributed by atoms with E-state index in [0.717, 1.165) is 96.3 Å². The molecule has 0 radical (unpaired) electrons. The maximum absolute atomic E-state index is 13.5. The Bertz CT molecular complexity index is 1140. The van der Waals surface area contributed by atoms with Crippen LogP contribution >= 0.6 is 0 Å². The van der Waals surface area contributed by atoms with Gasteiger partial charge in [0.1, 0.15) is 13.2 Å². The van der Waals surface area contributed by atoms with Gasteiger partial charge in [-0.2, -0.15) is 0 Å². The molecule has 0 aliphatic heterocycles. The van der Waals surface area contributed by atoms with Crippen molar-refractivity contribution in [2.45, 2.75) is 304 Å². The summed E-state index contributed by atoms with van der Waals surface area (Å²) in [6.45, 7) is 14.0. The van der Waals surface area contributed by atoms with Crippen molar-refractivity contribution in [1.82, 2.24) is 0 Å². The Balaban J connectivity index is 4.85. The van der Waals surface area contributed by atoms with Crippen molar-refractivity contribution in [3.63, 3.8) is 0 Å². The van der Waals surface area contributed by atoms with Crippen molar-refractivity contribution in [2.24, 2.45) is 17.8 Å². The van der Waals surface area contributed by atoms with Crippen LogP contribution in [0.5, 0.6) is 0 Å². The molecule has 0 spiro atoms. The molecule has 0 aromatic heterocycles. The summed E-state index contributed by atoms with van der Waals surface area (Å²) >= 11 is 0. The van der Waals surface area contributed by atoms with Gasteiger partial charge in [-0.25, -0.2) is 0 Å². The van der Waals surface area contributed by atoms with Gasteiger partial charge >= 0.3 is 17.9 Å². The second-order valence-corrected chi connectivity index (χ2v) is 20.8. The van der Waals surface area contributed by atoms with E-state index in [0.29, 0.717) is 0 Å². The molecule has 0 N–H and O–H groups in total. The number of rotatable bonds is 50. The summed E-state index contributed by atoms with van der Waals surface area (Å²) in [7, 11) is 0. The number of hydrogen-bond acceptors (Lipinski definition) is 6. The van der Waals surface area contributed by atoms with Gasteiger partial charge in [0.05, 0.1) is 17.8 Å². The van der Waals surface area contributed by atoms with Crippen LogP contribution in [0.3, 0.4) is 0 Å². The van der Waals surface area contributed by atoms with Gasteiger partial charge in [-0.15, -0.1) is 0 Å². The molecule has 0 bridgehead atoms. The Hall–Kier alpha value is -2.37. The lowest BCUT2D eigenvalue weighted by Crippen LogP contribution is -2.44. The highest BCUT2D eigenvalue weighted by molar-refractivity contribution is 5.74. The van der Waals surface area contributed by atoms with E-state index in [1.165, 1.54) is 154 Å². The molecular weight excluding hydrogens is 829 g/mol. The molecule has 0 amide bonds. The molecule has 0 aliphatic carbocycles. The van der Waals surface area contributed by atoms with Gasteiger partial charge in [-0.3, -0.25) is 14.4 Å². The highest BCUT2D eigenvalue weighted by atomic mass is 16.6. The van der Waals surface area contributed by atoms with Gasteiger partial charge in [0, 0.05) is 0 Å². The quantitative estimate of drug-likeness (QED) is 0.0262. The van der Waals surface area contributed by atoms with E-state index < -0.39 is 5.60 Å². The zero-order chi connectivity index (χ0) is 49.3. The van der Waals surface area contributed by atoms with Gasteiger partial charge in [0.15, 0.2) is 5.60 Å². The Morgan fingerprint density at radius 3 is 0.836 bits per heavy atom. The number of unbranched alkanes of at least 4 members (excludes halogenated alkanes) is 30. The standard InChI is InChI=1S/C61H112O6/c1-8-11-14-17-20-23-26-29-32-35-38-41-44-47-50-55(4)58(62)65-53-61(7,67-60(64)57(6)52-49-46-43-40-37-34-31-28-25-22-19-16-13-10-3)54-66-59(63)56(5)51-48-45-42-39-36-33-30-27-24-21-18-15-12-9-2/h29-34,55-57H,8-28,35-54H2,1-7H3/b32-29-,33-30+,34-31+. The fraction of sp³-hybridized carbons (Fsp3) is 0.852. The van der Waals surface area contributed by atoms with E-state index in [9.17, 15) is 14.4 Å². The summed E-state index contributed by atoms with van der Waals surface area (Å²) in [5.41, 5.74) is -1.26. The Kier molecular flexibility index (Phi) is 46.9. The first-order valence-electron chi connectivity index (χ1n) is 29.1. The summed E-state index contributed by atoms with van der Waals surface area (Å²) in [4.78, 5) is 39.9. The van der Waals surface area contributed by atoms with E-state index >= 15 is 0 Å². The van der Waals surface area contributed by atoms with Crippen molar-refractivity contribution in [2.75, 3.05) is 13.2 Å². The number of hydrogen-bond donors (Lipinski definition) is 0. The molecule has 0 heterocycles. The van der Waals surface area contributed by atoms with Crippen LogP contribution in [0, 0.1) is 17.8 Å². The summed E-state index contributed by atoms with van der Waals surface area (Å²) < 4.78 is 17.7. The predicted octanol–water partition coefficient (Wildman–Crippen LogP) is 19.2. The lowest BCUT2D eigenvalue weighted by atomic mass is 10.0. The second-order valence-electron chi connectivity index (χ2n) is 20.8. The molecule has 0 saturated carbocycles. The first kappa shape index (κ1) is 64.6. The maximum atomic E-state index is 13.5. The molecule has 67 heavy (non-hydrogen) atoms. The minimum absolute atomic E-state index is 0.138. The first-order valence-corrected chi connectivity index (χ1v) is 29.1. The molecular formula is C61H112O6. The van der Waals surface area contributed by atoms with Crippen molar-refractivity contribution in [3.05, 3.63) is 36.5 Å². The Morgan fingerprint density at radius 1 is 0.343 bits per heavy atom. The fourth-order valence-electron chi connectivity index (χ4n) is 8.56. The van der Waals surface area contributed by atoms with Crippen LogP contribution in [0.1, 0.15) is 299 Å². The zero-order valence-electron chi connectivity index (χ0n) is 45.6. The molecule has 4 unspecified atom stereocenters. The maximum Gasteiger partial charge on any atom is 0.309 e. The average molecular weight is 942 g/mol. The largest absolute Gasteiger partial charge is 0.461 e. The summed E-state index contributed by atoms with van der Waals surface area (Å²) in [5.74, 6) is -1.72. The molecule has 6 nitrogen and oxygen atoms in total. The minimum atomic E-state index is -1.26. The lowest BCUT2D eigenvalue weighted by molar-refractivity contribution is -0.186. The summed E-state index contributed by atoms with van der Waals surface area (Å²) in [6, 6.07) is 0. The zero-order valence-corrected chi connectivity index (χ0v) is 45.6. The van der Waals surface area contributed by atoms with Crippen molar-refractivity contribution in [1.29, 1.82) is 0 Å². The monoisotopic (exact) mass is 941 g/mol. The predicted molar refractivity (Wildman–Crippen MR) is 288 cm³/mol. The van der Waals surface area contributed by atoms with Crippen LogP contribution in [-0.2, 0) is 28.6 Å². The van der Waals surface area contributed by atoms with Crippen LogP contribution in [-0.4, -0.2) is 36.7 Å². The Morgan fingerprint density at radius 2 is 0.567 bits per heavy atom. The SMILES string of the molecule is CCCCCCCC/C=C\CCCCCCC(C)C(=O)OCC(C)(COC(=O)C(C)CCCCCC/C=C/CCCCCCCC)OC(=O)C(C)CCCCCC/C=C/CCCCCCCC. The van der Waals surface area contributed by atoms with E-state index in [-0.39, 0.29) is 48.9 Å². The molecule has 0 rings (SSSR count). The van der Waals surface area contributed by atoms with Crippen LogP contribution in [0.4, 0.5) is 0 Å². The normalized spacial score (nSPS) is 14.2. The topological polar surface area (TPSA) is 78.9 Å². The van der Waals surface area contributed by atoms with Gasteiger partial charge < -0.3 is 14.2 Å². The van der Waals surface area contributed by atoms with E-state index in [2.05, 4.69) is 57.2 Å². The van der Waals surface area contributed by atoms with Gasteiger partial charge in [-0.1, -0.05) is 232 Å². The van der Waals surface area contributed by atoms with Crippen molar-refractivity contribution < 1.29 is 28.6 Å². The third-order valence-electron chi connectivity index (χ3n) is 13.5. The highest BCUT2D eigenvalue weighted by Crippen LogP contribution is 2.23. The minimum Gasteiger partial charge on any atom is -0.461 e. The van der Waals surface area contributed by atoms with Crippen LogP contribution in [0.15, 0.2) is 36.5 Å². The summed E-state index contributed by atoms with van der Waals surface area (Å²) in [6.07, 6.45) is 60.6. The van der Waals surface area contributed by atoms with E-state index in [1.54, 1.807) is 6.92 Å². The lowest BCUT2D eigenvalue weighted by Gasteiger charge is -2.30. The number of carbonyl (C=O) groups is 3. The second kappa shape index (κ2) is 48.6. The van der Waals surface area contributed by atoms with Crippen molar-refractivity contribution >= 4 is 17.9 Å². The van der Waals surface area contributed by atoms with Gasteiger partial charge in [0.2, 0.25) is 0 Å². The third kappa shape index (κ3) is 43.4.